The summed E-state index contributed by atoms with van der Waals surface area (Å²) in [6.45, 7) is 1.83. The second-order valence-corrected chi connectivity index (χ2v) is 6.43. The molecule has 1 rings (SSSR count). The third-order valence-corrected chi connectivity index (χ3v) is 3.12. The standard InChI is InChI=1S/C10H9Cl5/c1-10(15,5-9(13)14)6-2-7(11)4-8(12)3-6/h2-4,9H,5H2,1H3. The summed E-state index contributed by atoms with van der Waals surface area (Å²) >= 11 is 29.5. The first-order valence-electron chi connectivity index (χ1n) is 4.25. The van der Waals surface area contributed by atoms with E-state index in [1.807, 2.05) is 6.92 Å². The number of hydrogen-bond donors (Lipinski definition) is 0. The van der Waals surface area contributed by atoms with Crippen molar-refractivity contribution in [2.24, 2.45) is 0 Å². The Morgan fingerprint density at radius 2 is 1.60 bits per heavy atom. The zero-order valence-electron chi connectivity index (χ0n) is 7.91. The first-order chi connectivity index (χ1) is 6.81. The van der Waals surface area contributed by atoms with E-state index in [0.717, 1.165) is 5.56 Å². The van der Waals surface area contributed by atoms with Gasteiger partial charge >= 0.3 is 0 Å². The molecule has 84 valence electrons. The molecule has 0 amide bonds. The van der Waals surface area contributed by atoms with Crippen LogP contribution in [-0.4, -0.2) is 4.84 Å². The molecule has 0 saturated carbocycles. The van der Waals surface area contributed by atoms with Gasteiger partial charge in [-0.15, -0.1) is 34.8 Å². The van der Waals surface area contributed by atoms with Gasteiger partial charge in [-0.05, 0) is 30.7 Å². The third-order valence-electron chi connectivity index (χ3n) is 2.00. The van der Waals surface area contributed by atoms with Crippen LogP contribution in [0.2, 0.25) is 10.0 Å². The molecule has 0 N–H and O–H groups in total. The Morgan fingerprint density at radius 1 is 1.13 bits per heavy atom. The first-order valence-corrected chi connectivity index (χ1v) is 6.25. The van der Waals surface area contributed by atoms with Gasteiger partial charge in [0.05, 0.1) is 4.87 Å². The summed E-state index contributed by atoms with van der Waals surface area (Å²) in [7, 11) is 0. The van der Waals surface area contributed by atoms with Crippen molar-refractivity contribution in [1.82, 2.24) is 0 Å². The van der Waals surface area contributed by atoms with Crippen molar-refractivity contribution in [2.45, 2.75) is 23.1 Å². The van der Waals surface area contributed by atoms with E-state index in [1.165, 1.54) is 0 Å². The fraction of sp³-hybridized carbons (Fsp3) is 0.400. The summed E-state index contributed by atoms with van der Waals surface area (Å²) in [6.07, 6.45) is 0.425. The van der Waals surface area contributed by atoms with Gasteiger partial charge in [0.2, 0.25) is 0 Å². The van der Waals surface area contributed by atoms with Gasteiger partial charge in [0, 0.05) is 16.5 Å². The summed E-state index contributed by atoms with van der Waals surface area (Å²) in [5.74, 6) is 0. The highest BCUT2D eigenvalue weighted by molar-refractivity contribution is 6.44. The van der Waals surface area contributed by atoms with Crippen LogP contribution in [0.25, 0.3) is 0 Å². The van der Waals surface area contributed by atoms with E-state index in [9.17, 15) is 0 Å². The molecule has 0 radical (unpaired) electrons. The van der Waals surface area contributed by atoms with Crippen LogP contribution >= 0.6 is 58.0 Å². The van der Waals surface area contributed by atoms with Crippen LogP contribution in [0.1, 0.15) is 18.9 Å². The topological polar surface area (TPSA) is 0 Å². The van der Waals surface area contributed by atoms with Crippen LogP contribution in [0.15, 0.2) is 18.2 Å². The molecule has 1 atom stereocenters. The van der Waals surface area contributed by atoms with Gasteiger partial charge in [0.15, 0.2) is 0 Å². The van der Waals surface area contributed by atoms with Crippen LogP contribution in [0.4, 0.5) is 0 Å². The minimum absolute atomic E-state index is 0.425. The van der Waals surface area contributed by atoms with Gasteiger partial charge in [0.1, 0.15) is 4.84 Å². The Kier molecular flexibility index (Phi) is 4.88. The van der Waals surface area contributed by atoms with Crippen molar-refractivity contribution in [2.75, 3.05) is 0 Å². The van der Waals surface area contributed by atoms with E-state index in [4.69, 9.17) is 58.0 Å². The van der Waals surface area contributed by atoms with Crippen molar-refractivity contribution in [3.8, 4) is 0 Å². The molecule has 1 aromatic carbocycles. The number of rotatable bonds is 3. The molecule has 1 unspecified atom stereocenters. The van der Waals surface area contributed by atoms with Gasteiger partial charge < -0.3 is 0 Å². The van der Waals surface area contributed by atoms with E-state index >= 15 is 0 Å². The van der Waals surface area contributed by atoms with E-state index in [0.29, 0.717) is 16.5 Å². The molecule has 0 aliphatic heterocycles. The Hall–Kier alpha value is 0.670. The van der Waals surface area contributed by atoms with Gasteiger partial charge in [0.25, 0.3) is 0 Å². The van der Waals surface area contributed by atoms with Gasteiger partial charge in [-0.1, -0.05) is 23.2 Å². The maximum absolute atomic E-state index is 6.31. The van der Waals surface area contributed by atoms with Crippen molar-refractivity contribution >= 4 is 58.0 Å². The monoisotopic (exact) mass is 304 g/mol. The summed E-state index contributed by atoms with van der Waals surface area (Å²) in [6, 6.07) is 5.17. The smallest absolute Gasteiger partial charge is 0.109 e. The molecule has 0 heterocycles. The summed E-state index contributed by atoms with van der Waals surface area (Å²) in [5, 5.41) is 1.09. The molecule has 0 spiro atoms. The normalized spacial score (nSPS) is 15.4. The second kappa shape index (κ2) is 5.33. The van der Waals surface area contributed by atoms with Crippen LogP contribution in [0.3, 0.4) is 0 Å². The van der Waals surface area contributed by atoms with Crippen molar-refractivity contribution < 1.29 is 0 Å². The maximum Gasteiger partial charge on any atom is 0.109 e. The lowest BCUT2D eigenvalue weighted by Crippen LogP contribution is -2.17. The highest BCUT2D eigenvalue weighted by Crippen LogP contribution is 2.38. The average molecular weight is 306 g/mol. The lowest BCUT2D eigenvalue weighted by molar-refractivity contribution is 0.638. The molecule has 0 fully saturated rings. The minimum Gasteiger partial charge on any atom is -0.114 e. The molecular weight excluding hydrogens is 297 g/mol. The molecular formula is C10H9Cl5. The van der Waals surface area contributed by atoms with Gasteiger partial charge in [-0.2, -0.15) is 0 Å². The molecule has 0 aromatic heterocycles. The lowest BCUT2D eigenvalue weighted by atomic mass is 9.97. The Balaban J connectivity index is 3.03. The SMILES string of the molecule is CC(Cl)(CC(Cl)Cl)c1cc(Cl)cc(Cl)c1. The van der Waals surface area contributed by atoms with Gasteiger partial charge in [-0.25, -0.2) is 0 Å². The molecule has 0 aliphatic carbocycles. The van der Waals surface area contributed by atoms with Crippen molar-refractivity contribution in [1.29, 1.82) is 0 Å². The third kappa shape index (κ3) is 4.20. The van der Waals surface area contributed by atoms with Crippen LogP contribution in [0.5, 0.6) is 0 Å². The quantitative estimate of drug-likeness (QED) is 0.634. The van der Waals surface area contributed by atoms with E-state index in [-0.39, 0.29) is 0 Å². The lowest BCUT2D eigenvalue weighted by Gasteiger charge is -2.23. The second-order valence-electron chi connectivity index (χ2n) is 3.45. The predicted molar refractivity (Wildman–Crippen MR) is 69.8 cm³/mol. The largest absolute Gasteiger partial charge is 0.114 e. The fourth-order valence-electron chi connectivity index (χ4n) is 1.26. The number of hydrogen-bond acceptors (Lipinski definition) is 0. The Labute approximate surface area is 114 Å². The highest BCUT2D eigenvalue weighted by atomic mass is 35.5. The average Bonchev–Trinajstić information content (AvgIpc) is 1.99. The summed E-state index contributed by atoms with van der Waals surface area (Å²) in [4.78, 5) is -1.19. The number of halogens is 5. The zero-order chi connectivity index (χ0) is 11.6. The molecule has 0 nitrogen and oxygen atoms in total. The number of alkyl halides is 3. The van der Waals surface area contributed by atoms with E-state index in [1.54, 1.807) is 18.2 Å². The van der Waals surface area contributed by atoms with Crippen molar-refractivity contribution in [3.05, 3.63) is 33.8 Å². The van der Waals surface area contributed by atoms with Gasteiger partial charge in [-0.3, -0.25) is 0 Å². The Morgan fingerprint density at radius 3 is 2.00 bits per heavy atom. The summed E-state index contributed by atoms with van der Waals surface area (Å²) < 4.78 is 0. The molecule has 0 saturated heterocycles. The minimum atomic E-state index is -0.664. The van der Waals surface area contributed by atoms with E-state index in [2.05, 4.69) is 0 Å². The van der Waals surface area contributed by atoms with Crippen molar-refractivity contribution in [3.63, 3.8) is 0 Å². The zero-order valence-corrected chi connectivity index (χ0v) is 11.7. The molecule has 0 aliphatic rings. The number of benzene rings is 1. The molecule has 1 aromatic rings. The summed E-state index contributed by atoms with van der Waals surface area (Å²) in [5.41, 5.74) is 0.813. The maximum atomic E-state index is 6.31. The Bertz CT molecular complexity index is 325. The first kappa shape index (κ1) is 13.7. The predicted octanol–water partition coefficient (Wildman–Crippen LogP) is 5.64. The fourth-order valence-corrected chi connectivity index (χ4v) is 2.83. The van der Waals surface area contributed by atoms with Crippen LogP contribution in [-0.2, 0) is 4.87 Å². The van der Waals surface area contributed by atoms with Crippen LogP contribution in [0, 0.1) is 0 Å². The molecule has 5 heteroatoms. The molecule has 15 heavy (non-hydrogen) atoms. The molecule has 0 bridgehead atoms. The van der Waals surface area contributed by atoms with Crippen LogP contribution < -0.4 is 0 Å². The highest BCUT2D eigenvalue weighted by Gasteiger charge is 2.26. The van der Waals surface area contributed by atoms with E-state index < -0.39 is 9.71 Å².